The van der Waals surface area contributed by atoms with Crippen molar-refractivity contribution in [2.75, 3.05) is 5.73 Å². The summed E-state index contributed by atoms with van der Waals surface area (Å²) in [6.07, 6.45) is -3.53. The molecule has 1 aromatic carbocycles. The van der Waals surface area contributed by atoms with E-state index < -0.39 is 12.6 Å². The standard InChI is InChI=1S/C12H13F3N4/c13-12(14,15)5-2-6-19-8-17-11(18-19)9-3-1-4-10(16)7-9/h1,3-4,7-8H,2,5-6,16H2. The molecule has 2 aromatic rings. The highest BCUT2D eigenvalue weighted by Crippen LogP contribution is 2.22. The van der Waals surface area contributed by atoms with E-state index in [1.54, 1.807) is 24.3 Å². The molecule has 2 N–H and O–H groups in total. The SMILES string of the molecule is Nc1cccc(-c2ncn(CCCC(F)(F)F)n2)c1. The van der Waals surface area contributed by atoms with Gasteiger partial charge in [-0.05, 0) is 18.6 Å². The fourth-order valence-corrected chi connectivity index (χ4v) is 1.65. The Bertz CT molecular complexity index is 548. The van der Waals surface area contributed by atoms with Crippen LogP contribution in [0.15, 0.2) is 30.6 Å². The van der Waals surface area contributed by atoms with Crippen molar-refractivity contribution in [2.24, 2.45) is 0 Å². The molecule has 19 heavy (non-hydrogen) atoms. The molecule has 0 aliphatic rings. The fraction of sp³-hybridized carbons (Fsp3) is 0.333. The van der Waals surface area contributed by atoms with Gasteiger partial charge in [-0.25, -0.2) is 4.98 Å². The molecule has 0 aliphatic heterocycles. The summed E-state index contributed by atoms with van der Waals surface area (Å²) in [6, 6.07) is 7.03. The number of anilines is 1. The number of halogens is 3. The predicted octanol–water partition coefficient (Wildman–Crippen LogP) is 2.87. The van der Waals surface area contributed by atoms with Gasteiger partial charge in [-0.2, -0.15) is 18.3 Å². The van der Waals surface area contributed by atoms with Crippen molar-refractivity contribution >= 4 is 5.69 Å². The summed E-state index contributed by atoms with van der Waals surface area (Å²) in [4.78, 5) is 4.06. The number of aromatic nitrogens is 3. The van der Waals surface area contributed by atoms with Crippen LogP contribution in [0.4, 0.5) is 18.9 Å². The summed E-state index contributed by atoms with van der Waals surface area (Å²) >= 11 is 0. The van der Waals surface area contributed by atoms with E-state index in [1.807, 2.05) is 0 Å². The maximum atomic E-state index is 12.0. The van der Waals surface area contributed by atoms with E-state index in [1.165, 1.54) is 11.0 Å². The Kier molecular flexibility index (Phi) is 3.73. The van der Waals surface area contributed by atoms with Crippen molar-refractivity contribution in [2.45, 2.75) is 25.6 Å². The molecule has 0 saturated carbocycles. The molecular weight excluding hydrogens is 257 g/mol. The number of nitrogens with two attached hydrogens (primary N) is 1. The van der Waals surface area contributed by atoms with Gasteiger partial charge in [0, 0.05) is 24.2 Å². The average molecular weight is 270 g/mol. The minimum atomic E-state index is -4.13. The Hall–Kier alpha value is -2.05. The lowest BCUT2D eigenvalue weighted by Crippen LogP contribution is -2.09. The van der Waals surface area contributed by atoms with Crippen molar-refractivity contribution in [3.05, 3.63) is 30.6 Å². The zero-order valence-corrected chi connectivity index (χ0v) is 10.1. The maximum Gasteiger partial charge on any atom is 0.389 e. The van der Waals surface area contributed by atoms with Crippen LogP contribution in [0.5, 0.6) is 0 Å². The number of hydrogen-bond donors (Lipinski definition) is 1. The van der Waals surface area contributed by atoms with Crippen LogP contribution in [-0.4, -0.2) is 20.9 Å². The molecule has 0 amide bonds. The van der Waals surface area contributed by atoms with Crippen LogP contribution in [-0.2, 0) is 6.54 Å². The van der Waals surface area contributed by atoms with Crippen LogP contribution in [0.1, 0.15) is 12.8 Å². The highest BCUT2D eigenvalue weighted by molar-refractivity contribution is 5.60. The van der Waals surface area contributed by atoms with Gasteiger partial charge >= 0.3 is 6.18 Å². The van der Waals surface area contributed by atoms with Crippen molar-refractivity contribution in [3.8, 4) is 11.4 Å². The third kappa shape index (κ3) is 3.97. The first kappa shape index (κ1) is 13.4. The summed E-state index contributed by atoms with van der Waals surface area (Å²) in [5.74, 6) is 0.458. The Morgan fingerprint density at radius 3 is 2.74 bits per heavy atom. The van der Waals surface area contributed by atoms with Gasteiger partial charge < -0.3 is 5.73 Å². The topological polar surface area (TPSA) is 56.7 Å². The fourth-order valence-electron chi connectivity index (χ4n) is 1.65. The second kappa shape index (κ2) is 5.29. The van der Waals surface area contributed by atoms with Crippen LogP contribution in [0.25, 0.3) is 11.4 Å². The van der Waals surface area contributed by atoms with Gasteiger partial charge in [0.1, 0.15) is 6.33 Å². The van der Waals surface area contributed by atoms with Crippen LogP contribution in [0.3, 0.4) is 0 Å². The van der Waals surface area contributed by atoms with E-state index in [-0.39, 0.29) is 13.0 Å². The molecule has 0 bridgehead atoms. The molecule has 0 unspecified atom stereocenters. The summed E-state index contributed by atoms with van der Waals surface area (Å²) < 4.78 is 37.4. The summed E-state index contributed by atoms with van der Waals surface area (Å²) in [5, 5.41) is 4.12. The zero-order valence-electron chi connectivity index (χ0n) is 10.1. The van der Waals surface area contributed by atoms with E-state index in [9.17, 15) is 13.2 Å². The first-order chi connectivity index (χ1) is 8.94. The van der Waals surface area contributed by atoms with Crippen LogP contribution >= 0.6 is 0 Å². The van der Waals surface area contributed by atoms with Crippen molar-refractivity contribution in [1.82, 2.24) is 14.8 Å². The van der Waals surface area contributed by atoms with Gasteiger partial charge in [0.2, 0.25) is 0 Å². The number of hydrogen-bond acceptors (Lipinski definition) is 3. The Balaban J connectivity index is 1.99. The molecule has 0 radical (unpaired) electrons. The van der Waals surface area contributed by atoms with E-state index in [4.69, 9.17) is 5.73 Å². The average Bonchev–Trinajstić information content (AvgIpc) is 2.76. The van der Waals surface area contributed by atoms with E-state index in [2.05, 4.69) is 10.1 Å². The van der Waals surface area contributed by atoms with Crippen molar-refractivity contribution in [1.29, 1.82) is 0 Å². The number of aryl methyl sites for hydroxylation is 1. The minimum Gasteiger partial charge on any atom is -0.399 e. The highest BCUT2D eigenvalue weighted by Gasteiger charge is 2.26. The van der Waals surface area contributed by atoms with Gasteiger partial charge in [0.15, 0.2) is 5.82 Å². The predicted molar refractivity (Wildman–Crippen MR) is 65.2 cm³/mol. The third-order valence-corrected chi connectivity index (χ3v) is 2.53. The lowest BCUT2D eigenvalue weighted by molar-refractivity contribution is -0.136. The molecule has 0 saturated heterocycles. The van der Waals surface area contributed by atoms with Gasteiger partial charge in [-0.15, -0.1) is 0 Å². The molecule has 0 aliphatic carbocycles. The molecular formula is C12H13F3N4. The van der Waals surface area contributed by atoms with Crippen molar-refractivity contribution in [3.63, 3.8) is 0 Å². The first-order valence-electron chi connectivity index (χ1n) is 5.76. The van der Waals surface area contributed by atoms with E-state index in [0.717, 1.165) is 5.56 Å². The van der Waals surface area contributed by atoms with Crippen LogP contribution < -0.4 is 5.73 Å². The molecule has 102 valence electrons. The number of nitrogens with zero attached hydrogens (tertiary/aromatic N) is 3. The molecule has 0 spiro atoms. The Morgan fingerprint density at radius 2 is 2.05 bits per heavy atom. The quantitative estimate of drug-likeness (QED) is 0.869. The number of alkyl halides is 3. The van der Waals surface area contributed by atoms with E-state index in [0.29, 0.717) is 11.5 Å². The molecule has 0 atom stereocenters. The normalized spacial score (nSPS) is 11.7. The second-order valence-electron chi connectivity index (χ2n) is 4.18. The Morgan fingerprint density at radius 1 is 1.26 bits per heavy atom. The second-order valence-corrected chi connectivity index (χ2v) is 4.18. The molecule has 4 nitrogen and oxygen atoms in total. The summed E-state index contributed by atoms with van der Waals surface area (Å²) in [5.41, 5.74) is 6.98. The minimum absolute atomic E-state index is 0.0107. The molecule has 1 heterocycles. The van der Waals surface area contributed by atoms with Gasteiger partial charge in [0.05, 0.1) is 0 Å². The zero-order chi connectivity index (χ0) is 13.9. The van der Waals surface area contributed by atoms with Crippen LogP contribution in [0, 0.1) is 0 Å². The number of nitrogen functional groups attached to an aromatic ring is 1. The van der Waals surface area contributed by atoms with Gasteiger partial charge in [-0.1, -0.05) is 12.1 Å². The monoisotopic (exact) mass is 270 g/mol. The van der Waals surface area contributed by atoms with Gasteiger partial charge in [-0.3, -0.25) is 4.68 Å². The number of rotatable bonds is 4. The van der Waals surface area contributed by atoms with Crippen LogP contribution in [0.2, 0.25) is 0 Å². The summed E-state index contributed by atoms with van der Waals surface area (Å²) in [7, 11) is 0. The maximum absolute atomic E-state index is 12.0. The third-order valence-electron chi connectivity index (χ3n) is 2.53. The van der Waals surface area contributed by atoms with Crippen molar-refractivity contribution < 1.29 is 13.2 Å². The molecule has 0 fully saturated rings. The highest BCUT2D eigenvalue weighted by atomic mass is 19.4. The number of benzene rings is 1. The first-order valence-corrected chi connectivity index (χ1v) is 5.76. The molecule has 7 heteroatoms. The lowest BCUT2D eigenvalue weighted by atomic mass is 10.2. The van der Waals surface area contributed by atoms with Gasteiger partial charge in [0.25, 0.3) is 0 Å². The smallest absolute Gasteiger partial charge is 0.389 e. The Labute approximate surface area is 108 Å². The van der Waals surface area contributed by atoms with E-state index >= 15 is 0 Å². The lowest BCUT2D eigenvalue weighted by Gasteiger charge is -2.05. The summed E-state index contributed by atoms with van der Waals surface area (Å²) in [6.45, 7) is 0.189. The largest absolute Gasteiger partial charge is 0.399 e. The molecule has 1 aromatic heterocycles. The molecule has 2 rings (SSSR count).